The molecule has 15 heavy (non-hydrogen) atoms. The van der Waals surface area contributed by atoms with Crippen molar-refractivity contribution in [3.05, 3.63) is 35.4 Å². The number of nitrogens with one attached hydrogen (secondary N) is 1. The standard InChI is InChI=1S/C12H18N2O/c1-9-4-3-5-11(8-9)10(2)14-7-6-12(13)15/h3-5,8,10,14H,6-7H2,1-2H3,(H2,13,15)/t10-/m0/s1. The van der Waals surface area contributed by atoms with Crippen molar-refractivity contribution in [2.24, 2.45) is 5.73 Å². The maximum absolute atomic E-state index is 10.6. The third-order valence-electron chi connectivity index (χ3n) is 2.36. The third-order valence-corrected chi connectivity index (χ3v) is 2.36. The molecule has 1 amide bonds. The minimum absolute atomic E-state index is 0.254. The Hall–Kier alpha value is -1.35. The lowest BCUT2D eigenvalue weighted by atomic mass is 10.1. The fraction of sp³-hybridized carbons (Fsp3) is 0.417. The number of carbonyl (C=O) groups is 1. The van der Waals surface area contributed by atoms with Crippen LogP contribution in [0.4, 0.5) is 0 Å². The molecule has 0 saturated carbocycles. The highest BCUT2D eigenvalue weighted by atomic mass is 16.1. The summed E-state index contributed by atoms with van der Waals surface area (Å²) in [6.07, 6.45) is 0.385. The topological polar surface area (TPSA) is 55.1 Å². The highest BCUT2D eigenvalue weighted by Gasteiger charge is 2.04. The van der Waals surface area contributed by atoms with E-state index >= 15 is 0 Å². The average molecular weight is 206 g/mol. The van der Waals surface area contributed by atoms with Gasteiger partial charge < -0.3 is 11.1 Å². The van der Waals surface area contributed by atoms with E-state index in [1.807, 2.05) is 6.07 Å². The Morgan fingerprint density at radius 3 is 2.87 bits per heavy atom. The second kappa shape index (κ2) is 5.51. The molecule has 0 aliphatic heterocycles. The minimum atomic E-state index is -0.265. The van der Waals surface area contributed by atoms with Crippen LogP contribution in [-0.4, -0.2) is 12.5 Å². The molecule has 1 rings (SSSR count). The van der Waals surface area contributed by atoms with Crippen molar-refractivity contribution in [2.75, 3.05) is 6.54 Å². The highest BCUT2D eigenvalue weighted by Crippen LogP contribution is 2.13. The monoisotopic (exact) mass is 206 g/mol. The Morgan fingerprint density at radius 2 is 2.27 bits per heavy atom. The Bertz CT molecular complexity index is 336. The molecular formula is C12H18N2O. The van der Waals surface area contributed by atoms with Crippen LogP contribution >= 0.6 is 0 Å². The second-order valence-electron chi connectivity index (χ2n) is 3.81. The molecule has 1 atom stereocenters. The lowest BCUT2D eigenvalue weighted by Crippen LogP contribution is -2.24. The molecule has 0 fully saturated rings. The lowest BCUT2D eigenvalue weighted by Gasteiger charge is -2.14. The van der Waals surface area contributed by atoms with E-state index in [9.17, 15) is 4.79 Å². The molecule has 0 aromatic heterocycles. The lowest BCUT2D eigenvalue weighted by molar-refractivity contribution is -0.117. The van der Waals surface area contributed by atoms with Gasteiger partial charge in [-0.25, -0.2) is 0 Å². The molecule has 0 heterocycles. The number of rotatable bonds is 5. The van der Waals surface area contributed by atoms with Crippen LogP contribution in [0.15, 0.2) is 24.3 Å². The summed E-state index contributed by atoms with van der Waals surface area (Å²) < 4.78 is 0. The van der Waals surface area contributed by atoms with Gasteiger partial charge in [0.2, 0.25) is 5.91 Å². The Balaban J connectivity index is 2.46. The Kier molecular flexibility index (Phi) is 4.31. The van der Waals surface area contributed by atoms with Crippen molar-refractivity contribution >= 4 is 5.91 Å². The average Bonchev–Trinajstić information content (AvgIpc) is 2.17. The summed E-state index contributed by atoms with van der Waals surface area (Å²) in [5.41, 5.74) is 7.54. The zero-order chi connectivity index (χ0) is 11.3. The van der Waals surface area contributed by atoms with Gasteiger partial charge in [-0.3, -0.25) is 4.79 Å². The Labute approximate surface area is 90.7 Å². The van der Waals surface area contributed by atoms with Crippen molar-refractivity contribution in [3.8, 4) is 0 Å². The van der Waals surface area contributed by atoms with Crippen LogP contribution in [0.5, 0.6) is 0 Å². The first-order valence-electron chi connectivity index (χ1n) is 5.18. The molecule has 0 aliphatic carbocycles. The van der Waals surface area contributed by atoms with Gasteiger partial charge in [-0.2, -0.15) is 0 Å². The summed E-state index contributed by atoms with van der Waals surface area (Å²) >= 11 is 0. The normalized spacial score (nSPS) is 12.4. The first-order valence-corrected chi connectivity index (χ1v) is 5.18. The predicted molar refractivity (Wildman–Crippen MR) is 61.4 cm³/mol. The molecule has 3 N–H and O–H groups in total. The van der Waals surface area contributed by atoms with Crippen molar-refractivity contribution in [3.63, 3.8) is 0 Å². The van der Waals surface area contributed by atoms with Gasteiger partial charge in [0.05, 0.1) is 0 Å². The fourth-order valence-corrected chi connectivity index (χ4v) is 1.47. The van der Waals surface area contributed by atoms with E-state index < -0.39 is 0 Å². The summed E-state index contributed by atoms with van der Waals surface area (Å²) in [6.45, 7) is 4.78. The van der Waals surface area contributed by atoms with E-state index in [1.54, 1.807) is 0 Å². The van der Waals surface area contributed by atoms with Crippen LogP contribution in [0.2, 0.25) is 0 Å². The molecule has 3 nitrogen and oxygen atoms in total. The largest absolute Gasteiger partial charge is 0.370 e. The van der Waals surface area contributed by atoms with Crippen LogP contribution in [0, 0.1) is 6.92 Å². The first kappa shape index (κ1) is 11.7. The number of amides is 1. The van der Waals surface area contributed by atoms with E-state index in [4.69, 9.17) is 5.73 Å². The molecule has 0 saturated heterocycles. The number of carbonyl (C=O) groups excluding carboxylic acids is 1. The second-order valence-corrected chi connectivity index (χ2v) is 3.81. The number of benzene rings is 1. The van der Waals surface area contributed by atoms with E-state index in [0.717, 1.165) is 0 Å². The number of primary amides is 1. The van der Waals surface area contributed by atoms with Crippen LogP contribution in [0.1, 0.15) is 30.5 Å². The van der Waals surface area contributed by atoms with Gasteiger partial charge in [0.1, 0.15) is 0 Å². The van der Waals surface area contributed by atoms with Gasteiger partial charge >= 0.3 is 0 Å². The van der Waals surface area contributed by atoms with Gasteiger partial charge in [0.25, 0.3) is 0 Å². The van der Waals surface area contributed by atoms with E-state index in [2.05, 4.69) is 37.4 Å². The summed E-state index contributed by atoms with van der Waals surface area (Å²) in [6, 6.07) is 8.58. The van der Waals surface area contributed by atoms with Crippen LogP contribution in [0.3, 0.4) is 0 Å². The van der Waals surface area contributed by atoms with Crippen molar-refractivity contribution in [2.45, 2.75) is 26.3 Å². The predicted octanol–water partition coefficient (Wildman–Crippen LogP) is 1.52. The maximum Gasteiger partial charge on any atom is 0.218 e. The van der Waals surface area contributed by atoms with Crippen molar-refractivity contribution in [1.29, 1.82) is 0 Å². The SMILES string of the molecule is Cc1cccc([C@H](C)NCCC(N)=O)c1. The van der Waals surface area contributed by atoms with E-state index in [1.165, 1.54) is 11.1 Å². The summed E-state index contributed by atoms with van der Waals surface area (Å²) in [5.74, 6) is -0.265. The molecule has 0 aliphatic rings. The highest BCUT2D eigenvalue weighted by molar-refractivity contribution is 5.73. The smallest absolute Gasteiger partial charge is 0.218 e. The summed E-state index contributed by atoms with van der Waals surface area (Å²) in [5, 5.41) is 3.26. The number of hydrogen-bond donors (Lipinski definition) is 2. The van der Waals surface area contributed by atoms with Gasteiger partial charge in [0, 0.05) is 19.0 Å². The summed E-state index contributed by atoms with van der Waals surface area (Å²) in [4.78, 5) is 10.6. The quantitative estimate of drug-likeness (QED) is 0.767. The molecule has 1 aromatic carbocycles. The zero-order valence-electron chi connectivity index (χ0n) is 9.29. The van der Waals surface area contributed by atoms with Gasteiger partial charge in [0.15, 0.2) is 0 Å². The maximum atomic E-state index is 10.6. The molecule has 0 bridgehead atoms. The van der Waals surface area contributed by atoms with Gasteiger partial charge in [-0.05, 0) is 19.4 Å². The van der Waals surface area contributed by atoms with Crippen molar-refractivity contribution in [1.82, 2.24) is 5.32 Å². The number of aryl methyl sites for hydroxylation is 1. The zero-order valence-corrected chi connectivity index (χ0v) is 9.29. The molecule has 1 aromatic rings. The van der Waals surface area contributed by atoms with Crippen LogP contribution in [-0.2, 0) is 4.79 Å². The van der Waals surface area contributed by atoms with Gasteiger partial charge in [-0.15, -0.1) is 0 Å². The van der Waals surface area contributed by atoms with E-state index in [-0.39, 0.29) is 11.9 Å². The minimum Gasteiger partial charge on any atom is -0.370 e. The fourth-order valence-electron chi connectivity index (χ4n) is 1.47. The molecule has 0 spiro atoms. The van der Waals surface area contributed by atoms with Crippen LogP contribution < -0.4 is 11.1 Å². The number of nitrogens with two attached hydrogens (primary N) is 1. The Morgan fingerprint density at radius 1 is 1.53 bits per heavy atom. The molecular weight excluding hydrogens is 188 g/mol. The molecule has 0 radical (unpaired) electrons. The van der Waals surface area contributed by atoms with Gasteiger partial charge in [-0.1, -0.05) is 29.8 Å². The first-order chi connectivity index (χ1) is 7.09. The van der Waals surface area contributed by atoms with Crippen LogP contribution in [0.25, 0.3) is 0 Å². The molecule has 0 unspecified atom stereocenters. The number of hydrogen-bond acceptors (Lipinski definition) is 2. The molecule has 82 valence electrons. The third kappa shape index (κ3) is 4.13. The summed E-state index contributed by atoms with van der Waals surface area (Å²) in [7, 11) is 0. The van der Waals surface area contributed by atoms with Crippen molar-refractivity contribution < 1.29 is 4.79 Å². The molecule has 3 heteroatoms. The van der Waals surface area contributed by atoms with E-state index in [0.29, 0.717) is 13.0 Å².